The van der Waals surface area contributed by atoms with Crippen molar-refractivity contribution in [1.82, 2.24) is 0 Å². The van der Waals surface area contributed by atoms with Gasteiger partial charge in [0.05, 0.1) is 23.4 Å². The Hall–Kier alpha value is -2.25. The highest BCUT2D eigenvalue weighted by atomic mass is 19.4. The molecule has 1 unspecified atom stereocenters. The predicted octanol–water partition coefficient (Wildman–Crippen LogP) is 3.89. The molecule has 5 nitrogen and oxygen atoms in total. The van der Waals surface area contributed by atoms with Crippen LogP contribution >= 0.6 is 0 Å². The van der Waals surface area contributed by atoms with Gasteiger partial charge in [0.25, 0.3) is 0 Å². The number of hydrogen-bond donors (Lipinski definition) is 2. The summed E-state index contributed by atoms with van der Waals surface area (Å²) in [5.41, 5.74) is -0.253. The largest absolute Gasteiger partial charge is 0.481 e. The first-order valence-electron chi connectivity index (χ1n) is 8.18. The predicted molar refractivity (Wildman–Crippen MR) is 87.6 cm³/mol. The summed E-state index contributed by atoms with van der Waals surface area (Å²) in [4.78, 5) is 24.5. The number of carboxylic acid groups (broad SMARTS) is 1. The summed E-state index contributed by atoms with van der Waals surface area (Å²) in [7, 11) is 0. The van der Waals surface area contributed by atoms with Gasteiger partial charge in [-0.15, -0.1) is 0 Å². The molecule has 0 bridgehead atoms. The monoisotopic (exact) mass is 358 g/mol. The third-order valence-electron chi connectivity index (χ3n) is 4.28. The van der Waals surface area contributed by atoms with E-state index >= 15 is 0 Å². The number of alkyl halides is 3. The average Bonchev–Trinajstić information content (AvgIpc) is 2.53. The number of nitrogens with zero attached hydrogens (tertiary/aromatic N) is 1. The van der Waals surface area contributed by atoms with E-state index in [0.29, 0.717) is 12.2 Å². The first-order valence-corrected chi connectivity index (χ1v) is 8.18. The zero-order valence-corrected chi connectivity index (χ0v) is 13.9. The second-order valence-electron chi connectivity index (χ2n) is 6.21. The molecule has 0 aliphatic carbocycles. The average molecular weight is 358 g/mol. The zero-order valence-electron chi connectivity index (χ0n) is 13.9. The molecule has 1 aliphatic heterocycles. The lowest BCUT2D eigenvalue weighted by atomic mass is 10.0. The van der Waals surface area contributed by atoms with Crippen LogP contribution < -0.4 is 10.2 Å². The van der Waals surface area contributed by atoms with Gasteiger partial charge in [0.2, 0.25) is 5.91 Å². The molecule has 1 heterocycles. The van der Waals surface area contributed by atoms with Crippen molar-refractivity contribution in [2.45, 2.75) is 51.2 Å². The third kappa shape index (κ3) is 5.11. The van der Waals surface area contributed by atoms with E-state index in [-0.39, 0.29) is 24.6 Å². The number of amides is 1. The van der Waals surface area contributed by atoms with Gasteiger partial charge in [0, 0.05) is 19.0 Å². The topological polar surface area (TPSA) is 69.6 Å². The van der Waals surface area contributed by atoms with E-state index in [0.717, 1.165) is 31.4 Å². The maximum atomic E-state index is 13.0. The quantitative estimate of drug-likeness (QED) is 0.838. The SMILES string of the molecule is CC1CCCCN1c1ccc(C(F)(F)F)cc1NC(=O)CCC(=O)O. The second kappa shape index (κ2) is 7.76. The van der Waals surface area contributed by atoms with Crippen LogP contribution in [-0.4, -0.2) is 29.6 Å². The van der Waals surface area contributed by atoms with E-state index in [9.17, 15) is 22.8 Å². The Labute approximate surface area is 143 Å². The standard InChI is InChI=1S/C17H21F3N2O3/c1-11-4-2-3-9-22(11)14-6-5-12(17(18,19)20)10-13(14)21-15(23)7-8-16(24)25/h5-6,10-11H,2-4,7-9H2,1H3,(H,21,23)(H,24,25). The maximum Gasteiger partial charge on any atom is 0.416 e. The Balaban J connectivity index is 2.31. The van der Waals surface area contributed by atoms with Gasteiger partial charge >= 0.3 is 12.1 Å². The van der Waals surface area contributed by atoms with Gasteiger partial charge in [-0.1, -0.05) is 0 Å². The Morgan fingerprint density at radius 3 is 2.60 bits per heavy atom. The van der Waals surface area contributed by atoms with Crippen LogP contribution in [0.15, 0.2) is 18.2 Å². The number of piperidine rings is 1. The summed E-state index contributed by atoms with van der Waals surface area (Å²) in [6, 6.07) is 3.44. The van der Waals surface area contributed by atoms with E-state index < -0.39 is 23.6 Å². The number of carboxylic acids is 1. The number of aliphatic carboxylic acids is 1. The first kappa shape index (κ1) is 19.1. The number of carbonyl (C=O) groups is 2. The smallest absolute Gasteiger partial charge is 0.416 e. The van der Waals surface area contributed by atoms with Crippen LogP contribution in [0.5, 0.6) is 0 Å². The molecular weight excluding hydrogens is 337 g/mol. The van der Waals surface area contributed by atoms with Crippen molar-refractivity contribution in [3.05, 3.63) is 23.8 Å². The highest BCUT2D eigenvalue weighted by Crippen LogP contribution is 2.37. The molecule has 2 rings (SSSR count). The highest BCUT2D eigenvalue weighted by Gasteiger charge is 2.32. The van der Waals surface area contributed by atoms with Crippen LogP contribution in [0.2, 0.25) is 0 Å². The molecule has 25 heavy (non-hydrogen) atoms. The Bertz CT molecular complexity index is 647. The van der Waals surface area contributed by atoms with Crippen LogP contribution in [-0.2, 0) is 15.8 Å². The second-order valence-corrected chi connectivity index (χ2v) is 6.21. The Morgan fingerprint density at radius 1 is 1.28 bits per heavy atom. The fourth-order valence-corrected chi connectivity index (χ4v) is 2.95. The van der Waals surface area contributed by atoms with Crippen molar-refractivity contribution in [1.29, 1.82) is 0 Å². The van der Waals surface area contributed by atoms with Gasteiger partial charge in [-0.3, -0.25) is 9.59 Å². The van der Waals surface area contributed by atoms with Gasteiger partial charge < -0.3 is 15.3 Å². The molecular formula is C17H21F3N2O3. The fourth-order valence-electron chi connectivity index (χ4n) is 2.95. The number of anilines is 2. The van der Waals surface area contributed by atoms with E-state index in [1.54, 1.807) is 0 Å². The summed E-state index contributed by atoms with van der Waals surface area (Å²) in [6.45, 7) is 2.69. The number of carbonyl (C=O) groups excluding carboxylic acids is 1. The third-order valence-corrected chi connectivity index (χ3v) is 4.28. The lowest BCUT2D eigenvalue weighted by Crippen LogP contribution is -2.38. The molecule has 2 N–H and O–H groups in total. The summed E-state index contributed by atoms with van der Waals surface area (Å²) in [5, 5.41) is 11.1. The van der Waals surface area contributed by atoms with Crippen molar-refractivity contribution in [2.24, 2.45) is 0 Å². The lowest BCUT2D eigenvalue weighted by Gasteiger charge is -2.36. The number of hydrogen-bond acceptors (Lipinski definition) is 3. The van der Waals surface area contributed by atoms with Crippen LogP contribution in [0, 0.1) is 0 Å². The molecule has 138 valence electrons. The van der Waals surface area contributed by atoms with Gasteiger partial charge in [-0.25, -0.2) is 0 Å². The number of halogens is 3. The summed E-state index contributed by atoms with van der Waals surface area (Å²) < 4.78 is 39.0. The van der Waals surface area contributed by atoms with Crippen molar-refractivity contribution in [3.8, 4) is 0 Å². The van der Waals surface area contributed by atoms with Gasteiger partial charge in [0.15, 0.2) is 0 Å². The first-order chi connectivity index (χ1) is 11.7. The minimum absolute atomic E-state index is 0.0685. The van der Waals surface area contributed by atoms with Crippen molar-refractivity contribution < 1.29 is 27.9 Å². The van der Waals surface area contributed by atoms with Crippen LogP contribution in [0.4, 0.5) is 24.5 Å². The van der Waals surface area contributed by atoms with E-state index in [1.807, 2.05) is 11.8 Å². The maximum absolute atomic E-state index is 13.0. The van der Waals surface area contributed by atoms with Gasteiger partial charge in [0.1, 0.15) is 0 Å². The molecule has 1 saturated heterocycles. The Morgan fingerprint density at radius 2 is 2.00 bits per heavy atom. The van der Waals surface area contributed by atoms with E-state index in [4.69, 9.17) is 5.11 Å². The van der Waals surface area contributed by atoms with Gasteiger partial charge in [-0.2, -0.15) is 13.2 Å². The summed E-state index contributed by atoms with van der Waals surface area (Å²) in [6.07, 6.45) is -2.28. The molecule has 1 aromatic rings. The number of rotatable bonds is 5. The molecule has 0 aromatic heterocycles. The lowest BCUT2D eigenvalue weighted by molar-refractivity contribution is -0.138. The molecule has 1 atom stereocenters. The molecule has 1 aliphatic rings. The van der Waals surface area contributed by atoms with E-state index in [1.165, 1.54) is 6.07 Å². The van der Waals surface area contributed by atoms with E-state index in [2.05, 4.69) is 5.32 Å². The molecule has 8 heteroatoms. The molecule has 0 saturated carbocycles. The van der Waals surface area contributed by atoms with Crippen molar-refractivity contribution in [2.75, 3.05) is 16.8 Å². The molecule has 1 amide bonds. The molecule has 1 fully saturated rings. The molecule has 0 radical (unpaired) electrons. The fraction of sp³-hybridized carbons (Fsp3) is 0.529. The van der Waals surface area contributed by atoms with Crippen molar-refractivity contribution >= 4 is 23.3 Å². The Kier molecular flexibility index (Phi) is 5.92. The van der Waals surface area contributed by atoms with Crippen LogP contribution in [0.1, 0.15) is 44.6 Å². The number of nitrogens with one attached hydrogen (secondary N) is 1. The number of benzene rings is 1. The summed E-state index contributed by atoms with van der Waals surface area (Å²) >= 11 is 0. The zero-order chi connectivity index (χ0) is 18.6. The molecule has 1 aromatic carbocycles. The van der Waals surface area contributed by atoms with Gasteiger partial charge in [-0.05, 0) is 44.4 Å². The minimum atomic E-state index is -4.52. The highest BCUT2D eigenvalue weighted by molar-refractivity contribution is 5.95. The normalized spacial score (nSPS) is 18.1. The summed E-state index contributed by atoms with van der Waals surface area (Å²) in [5.74, 6) is -1.75. The van der Waals surface area contributed by atoms with Crippen molar-refractivity contribution in [3.63, 3.8) is 0 Å². The minimum Gasteiger partial charge on any atom is -0.481 e. The van der Waals surface area contributed by atoms with Crippen LogP contribution in [0.25, 0.3) is 0 Å². The van der Waals surface area contributed by atoms with Crippen LogP contribution in [0.3, 0.4) is 0 Å². The molecule has 0 spiro atoms.